The molecule has 0 bridgehead atoms. The largest absolute Gasteiger partial charge is 0.0654 e. The molecule has 30 heavy (non-hydrogen) atoms. The van der Waals surface area contributed by atoms with Crippen molar-refractivity contribution in [3.63, 3.8) is 0 Å². The van der Waals surface area contributed by atoms with Gasteiger partial charge in [0.05, 0.1) is 0 Å². The smallest absolute Gasteiger partial charge is 0.0162 e. The summed E-state index contributed by atoms with van der Waals surface area (Å²) in [6, 6.07) is 18.8. The molecule has 2 aromatic rings. The van der Waals surface area contributed by atoms with E-state index in [2.05, 4.69) is 69.3 Å². The Labute approximate surface area is 186 Å². The minimum absolute atomic E-state index is 0.780. The van der Waals surface area contributed by atoms with Crippen LogP contribution >= 0.6 is 0 Å². The molecule has 0 heterocycles. The minimum Gasteiger partial charge on any atom is -0.0654 e. The highest BCUT2D eigenvalue weighted by molar-refractivity contribution is 5.64. The zero-order valence-electron chi connectivity index (χ0n) is 19.8. The fourth-order valence-corrected chi connectivity index (χ4v) is 5.32. The third kappa shape index (κ3) is 7.29. The van der Waals surface area contributed by atoms with Crippen molar-refractivity contribution in [1.82, 2.24) is 0 Å². The van der Waals surface area contributed by atoms with Gasteiger partial charge >= 0.3 is 0 Å². The molecule has 3 rings (SSSR count). The predicted molar refractivity (Wildman–Crippen MR) is 133 cm³/mol. The van der Waals surface area contributed by atoms with Crippen molar-refractivity contribution in [2.75, 3.05) is 0 Å². The summed E-state index contributed by atoms with van der Waals surface area (Å²) in [4.78, 5) is 0. The fourth-order valence-electron chi connectivity index (χ4n) is 5.32. The lowest BCUT2D eigenvalue weighted by atomic mass is 9.76. The van der Waals surface area contributed by atoms with Gasteiger partial charge < -0.3 is 0 Å². The van der Waals surface area contributed by atoms with E-state index < -0.39 is 0 Å². The zero-order valence-corrected chi connectivity index (χ0v) is 19.8. The highest BCUT2D eigenvalue weighted by Gasteiger charge is 2.22. The molecule has 0 heteroatoms. The molecule has 164 valence electrons. The fraction of sp³-hybridized carbons (Fsp3) is 0.600. The van der Waals surface area contributed by atoms with Crippen molar-refractivity contribution in [2.45, 2.75) is 104 Å². The molecule has 0 unspecified atom stereocenters. The molecule has 1 aliphatic carbocycles. The quantitative estimate of drug-likeness (QED) is 0.327. The molecule has 1 saturated carbocycles. The Morgan fingerprint density at radius 1 is 0.700 bits per heavy atom. The first-order chi connectivity index (χ1) is 14.7. The van der Waals surface area contributed by atoms with E-state index in [1.807, 2.05) is 0 Å². The normalized spacial score (nSPS) is 19.3. The van der Waals surface area contributed by atoms with Gasteiger partial charge in [-0.3, -0.25) is 0 Å². The summed E-state index contributed by atoms with van der Waals surface area (Å²) in [5.74, 6) is 2.60. The van der Waals surface area contributed by atoms with Gasteiger partial charge in [-0.15, -0.1) is 0 Å². The molecule has 0 aromatic heterocycles. The summed E-state index contributed by atoms with van der Waals surface area (Å²) in [6.45, 7) is 7.02. The van der Waals surface area contributed by atoms with Crippen LogP contribution in [0, 0.1) is 11.8 Å². The van der Waals surface area contributed by atoms with Crippen molar-refractivity contribution in [1.29, 1.82) is 0 Å². The molecule has 0 nitrogen and oxygen atoms in total. The molecule has 1 fully saturated rings. The maximum atomic E-state index is 2.40. The van der Waals surface area contributed by atoms with Gasteiger partial charge in [-0.05, 0) is 85.0 Å². The van der Waals surface area contributed by atoms with E-state index in [4.69, 9.17) is 0 Å². The van der Waals surface area contributed by atoms with Crippen molar-refractivity contribution in [2.24, 2.45) is 11.8 Å². The molecule has 0 N–H and O–H groups in total. The van der Waals surface area contributed by atoms with Crippen LogP contribution in [0.25, 0.3) is 11.1 Å². The number of hydrogen-bond donors (Lipinski definition) is 0. The lowest BCUT2D eigenvalue weighted by Crippen LogP contribution is -2.14. The number of rotatable bonds is 11. The number of aryl methyl sites for hydroxylation is 1. The summed E-state index contributed by atoms with van der Waals surface area (Å²) in [5, 5.41) is 0. The summed E-state index contributed by atoms with van der Waals surface area (Å²) in [5.41, 5.74) is 5.76. The minimum atomic E-state index is 0.780. The van der Waals surface area contributed by atoms with Crippen molar-refractivity contribution >= 4 is 0 Å². The number of hydrogen-bond acceptors (Lipinski definition) is 0. The molecule has 0 aliphatic heterocycles. The monoisotopic (exact) mass is 404 g/mol. The molecule has 0 radical (unpaired) electrons. The van der Waals surface area contributed by atoms with E-state index in [-0.39, 0.29) is 0 Å². The van der Waals surface area contributed by atoms with E-state index in [1.165, 1.54) is 93.7 Å². The van der Waals surface area contributed by atoms with E-state index in [0.29, 0.717) is 0 Å². The van der Waals surface area contributed by atoms with Gasteiger partial charge in [-0.2, -0.15) is 0 Å². The first-order valence-electron chi connectivity index (χ1n) is 12.8. The Hall–Kier alpha value is -1.56. The molecular formula is C30H44. The predicted octanol–water partition coefficient (Wildman–Crippen LogP) is 9.58. The van der Waals surface area contributed by atoms with Gasteiger partial charge in [0.1, 0.15) is 0 Å². The van der Waals surface area contributed by atoms with E-state index in [9.17, 15) is 0 Å². The third-order valence-electron chi connectivity index (χ3n) is 7.14. The summed E-state index contributed by atoms with van der Waals surface area (Å²) in [7, 11) is 0. The Kier molecular flexibility index (Phi) is 9.50. The van der Waals surface area contributed by atoms with Crippen molar-refractivity contribution < 1.29 is 0 Å². The summed E-state index contributed by atoms with van der Waals surface area (Å²) >= 11 is 0. The molecule has 2 aromatic carbocycles. The summed E-state index contributed by atoms with van der Waals surface area (Å²) in [6.07, 6.45) is 16.5. The molecule has 0 atom stereocenters. The van der Waals surface area contributed by atoms with Gasteiger partial charge in [-0.25, -0.2) is 0 Å². The van der Waals surface area contributed by atoms with Gasteiger partial charge in [-0.1, -0.05) is 101 Å². The molecule has 1 aliphatic rings. The van der Waals surface area contributed by atoms with Crippen LogP contribution in [0.15, 0.2) is 48.5 Å². The average molecular weight is 405 g/mol. The van der Waals surface area contributed by atoms with E-state index >= 15 is 0 Å². The Morgan fingerprint density at radius 2 is 1.27 bits per heavy atom. The Balaban J connectivity index is 1.47. The molecule has 0 amide bonds. The van der Waals surface area contributed by atoms with Gasteiger partial charge in [0.2, 0.25) is 0 Å². The first kappa shape index (κ1) is 23.1. The maximum absolute atomic E-state index is 2.40. The van der Waals surface area contributed by atoms with Gasteiger partial charge in [0.25, 0.3) is 0 Å². The lowest BCUT2D eigenvalue weighted by molar-refractivity contribution is 0.283. The molecular weight excluding hydrogens is 360 g/mol. The highest BCUT2D eigenvalue weighted by Crippen LogP contribution is 2.38. The van der Waals surface area contributed by atoms with Crippen LogP contribution in [-0.2, 0) is 6.42 Å². The zero-order chi connectivity index (χ0) is 21.2. The van der Waals surface area contributed by atoms with Crippen molar-refractivity contribution in [3.8, 4) is 11.1 Å². The molecule has 0 saturated heterocycles. The maximum Gasteiger partial charge on any atom is -0.0162 e. The van der Waals surface area contributed by atoms with Crippen LogP contribution in [0.4, 0.5) is 0 Å². The second kappa shape index (κ2) is 12.3. The number of benzene rings is 2. The lowest BCUT2D eigenvalue weighted by Gasteiger charge is -2.29. The van der Waals surface area contributed by atoms with Crippen LogP contribution in [0.3, 0.4) is 0 Å². The van der Waals surface area contributed by atoms with Gasteiger partial charge in [0.15, 0.2) is 0 Å². The van der Waals surface area contributed by atoms with Gasteiger partial charge in [0, 0.05) is 0 Å². The standard InChI is InChI=1S/C30H44/c1-4-5-6-7-8-9-10-25-11-15-27(16-12-25)29-19-21-30(22-20-29)28-17-13-26(14-18-28)23-24(2)3/h11-12,15-16,19-22,24,26,28H,4-10,13-14,17-18,23H2,1-3H3. The second-order valence-electron chi connectivity index (χ2n) is 10.2. The second-order valence-corrected chi connectivity index (χ2v) is 10.2. The average Bonchev–Trinajstić information content (AvgIpc) is 2.77. The van der Waals surface area contributed by atoms with Crippen LogP contribution in [0.2, 0.25) is 0 Å². The Bertz CT molecular complexity index is 699. The van der Waals surface area contributed by atoms with Crippen LogP contribution in [0.5, 0.6) is 0 Å². The Morgan fingerprint density at radius 3 is 1.87 bits per heavy atom. The van der Waals surface area contributed by atoms with E-state index in [0.717, 1.165) is 17.8 Å². The number of unbranched alkanes of at least 4 members (excludes halogenated alkanes) is 5. The third-order valence-corrected chi connectivity index (χ3v) is 7.14. The SMILES string of the molecule is CCCCCCCCc1ccc(-c2ccc(C3CCC(CC(C)C)CC3)cc2)cc1. The first-order valence-corrected chi connectivity index (χ1v) is 12.8. The molecule has 0 spiro atoms. The van der Waals surface area contributed by atoms with Crippen molar-refractivity contribution in [3.05, 3.63) is 59.7 Å². The van der Waals surface area contributed by atoms with Crippen LogP contribution in [-0.4, -0.2) is 0 Å². The van der Waals surface area contributed by atoms with E-state index in [1.54, 1.807) is 5.56 Å². The highest BCUT2D eigenvalue weighted by atomic mass is 14.3. The summed E-state index contributed by atoms with van der Waals surface area (Å²) < 4.78 is 0. The topological polar surface area (TPSA) is 0 Å². The van der Waals surface area contributed by atoms with Crippen LogP contribution < -0.4 is 0 Å². The van der Waals surface area contributed by atoms with Crippen LogP contribution in [0.1, 0.15) is 108 Å².